The second-order valence-electron chi connectivity index (χ2n) is 2.87. The number of aliphatic hydroxyl groups excluding tert-OH is 1. The molecular formula is C10H13NO2S. The van der Waals surface area contributed by atoms with Gasteiger partial charge in [-0.2, -0.15) is 12.6 Å². The second kappa shape index (κ2) is 5.02. The molecule has 0 aliphatic rings. The summed E-state index contributed by atoms with van der Waals surface area (Å²) in [6.07, 6.45) is 5.10. The predicted molar refractivity (Wildman–Crippen MR) is 59.4 cm³/mol. The van der Waals surface area contributed by atoms with Gasteiger partial charge in [-0.05, 0) is 6.92 Å². The van der Waals surface area contributed by atoms with Crippen LogP contribution in [0.2, 0.25) is 0 Å². The number of aryl methyl sites for hydroxylation is 1. The largest absolute Gasteiger partial charge is 0.505 e. The van der Waals surface area contributed by atoms with Gasteiger partial charge in [-0.3, -0.25) is 4.98 Å². The van der Waals surface area contributed by atoms with Crippen LogP contribution in [0.15, 0.2) is 12.3 Å². The number of pyridine rings is 1. The first-order chi connectivity index (χ1) is 6.70. The topological polar surface area (TPSA) is 53.4 Å². The van der Waals surface area contributed by atoms with Gasteiger partial charge < -0.3 is 10.2 Å². The zero-order chi connectivity index (χ0) is 10.6. The first-order valence-corrected chi connectivity index (χ1v) is 4.89. The molecule has 0 aliphatic carbocycles. The molecule has 0 amide bonds. The van der Waals surface area contributed by atoms with E-state index in [0.29, 0.717) is 22.6 Å². The number of hydrogen-bond donors (Lipinski definition) is 3. The molecule has 0 unspecified atom stereocenters. The Balaban J connectivity index is 3.21. The number of rotatable bonds is 3. The van der Waals surface area contributed by atoms with Crippen LogP contribution in [0, 0.1) is 6.92 Å². The van der Waals surface area contributed by atoms with E-state index in [9.17, 15) is 5.11 Å². The highest BCUT2D eigenvalue weighted by Gasteiger charge is 2.07. The molecule has 0 saturated heterocycles. The SMILES string of the molecule is Cc1ncc(CO)c(C=CCS)c1O. The van der Waals surface area contributed by atoms with Gasteiger partial charge in [-0.15, -0.1) is 0 Å². The Labute approximate surface area is 88.5 Å². The van der Waals surface area contributed by atoms with Crippen LogP contribution in [0.25, 0.3) is 6.08 Å². The first-order valence-electron chi connectivity index (χ1n) is 4.26. The normalized spacial score (nSPS) is 11.1. The molecule has 0 aliphatic heterocycles. The number of aliphatic hydroxyl groups is 1. The summed E-state index contributed by atoms with van der Waals surface area (Å²) in [5.74, 6) is 0.709. The highest BCUT2D eigenvalue weighted by molar-refractivity contribution is 7.80. The molecule has 1 aromatic heterocycles. The van der Waals surface area contributed by atoms with E-state index in [0.717, 1.165) is 0 Å². The predicted octanol–water partition coefficient (Wildman–Crippen LogP) is 1.53. The van der Waals surface area contributed by atoms with Crippen LogP contribution in [-0.4, -0.2) is 20.9 Å². The molecule has 1 rings (SSSR count). The fourth-order valence-electron chi connectivity index (χ4n) is 1.13. The van der Waals surface area contributed by atoms with Crippen molar-refractivity contribution in [3.8, 4) is 5.75 Å². The Morgan fingerprint density at radius 3 is 2.86 bits per heavy atom. The van der Waals surface area contributed by atoms with E-state index in [4.69, 9.17) is 5.11 Å². The summed E-state index contributed by atoms with van der Waals surface area (Å²) >= 11 is 4.03. The number of nitrogens with zero attached hydrogens (tertiary/aromatic N) is 1. The zero-order valence-electron chi connectivity index (χ0n) is 7.94. The summed E-state index contributed by atoms with van der Waals surface area (Å²) in [5.41, 5.74) is 1.79. The first kappa shape index (κ1) is 11.1. The molecular weight excluding hydrogens is 198 g/mol. The van der Waals surface area contributed by atoms with Crippen LogP contribution in [0.4, 0.5) is 0 Å². The van der Waals surface area contributed by atoms with Crippen molar-refractivity contribution >= 4 is 18.7 Å². The molecule has 0 spiro atoms. The van der Waals surface area contributed by atoms with Gasteiger partial charge in [0.1, 0.15) is 5.75 Å². The summed E-state index contributed by atoms with van der Waals surface area (Å²) in [6, 6.07) is 0. The minimum Gasteiger partial charge on any atom is -0.505 e. The van der Waals surface area contributed by atoms with Gasteiger partial charge >= 0.3 is 0 Å². The Kier molecular flexibility index (Phi) is 3.98. The lowest BCUT2D eigenvalue weighted by atomic mass is 10.1. The van der Waals surface area contributed by atoms with E-state index < -0.39 is 0 Å². The lowest BCUT2D eigenvalue weighted by Gasteiger charge is -2.07. The standard InChI is InChI=1S/C10H13NO2S/c1-7-10(13)9(3-2-4-14)8(6-12)5-11-7/h2-3,5,12-14H,4,6H2,1H3. The Morgan fingerprint density at radius 2 is 2.29 bits per heavy atom. The molecule has 2 N–H and O–H groups in total. The van der Waals surface area contributed by atoms with Crippen LogP contribution < -0.4 is 0 Å². The van der Waals surface area contributed by atoms with Gasteiger partial charge in [-0.25, -0.2) is 0 Å². The van der Waals surface area contributed by atoms with Crippen molar-refractivity contribution < 1.29 is 10.2 Å². The van der Waals surface area contributed by atoms with E-state index in [1.807, 2.05) is 0 Å². The summed E-state index contributed by atoms with van der Waals surface area (Å²) in [5, 5.41) is 18.7. The minimum atomic E-state index is -0.132. The molecule has 1 aromatic rings. The van der Waals surface area contributed by atoms with Gasteiger partial charge in [0.15, 0.2) is 0 Å². The second-order valence-corrected chi connectivity index (χ2v) is 3.24. The van der Waals surface area contributed by atoms with Crippen LogP contribution in [0.5, 0.6) is 5.75 Å². The van der Waals surface area contributed by atoms with Crippen LogP contribution in [0.1, 0.15) is 16.8 Å². The van der Waals surface area contributed by atoms with Crippen LogP contribution >= 0.6 is 12.6 Å². The summed E-state index contributed by atoms with van der Waals surface area (Å²) in [7, 11) is 0. The molecule has 3 nitrogen and oxygen atoms in total. The van der Waals surface area contributed by atoms with Crippen molar-refractivity contribution in [1.29, 1.82) is 0 Å². The third-order valence-electron chi connectivity index (χ3n) is 1.92. The minimum absolute atomic E-state index is 0.120. The average Bonchev–Trinajstić information content (AvgIpc) is 2.20. The van der Waals surface area contributed by atoms with E-state index in [-0.39, 0.29) is 12.4 Å². The quantitative estimate of drug-likeness (QED) is 0.665. The third-order valence-corrected chi connectivity index (χ3v) is 2.13. The Bertz CT molecular complexity index is 350. The fraction of sp³-hybridized carbons (Fsp3) is 0.300. The number of aromatic hydroxyl groups is 1. The van der Waals surface area contributed by atoms with E-state index >= 15 is 0 Å². The highest BCUT2D eigenvalue weighted by Crippen LogP contribution is 2.25. The van der Waals surface area contributed by atoms with Gasteiger partial charge in [0.05, 0.1) is 12.3 Å². The van der Waals surface area contributed by atoms with Crippen LogP contribution in [-0.2, 0) is 6.61 Å². The van der Waals surface area contributed by atoms with Crippen molar-refractivity contribution in [2.45, 2.75) is 13.5 Å². The average molecular weight is 211 g/mol. The maximum absolute atomic E-state index is 9.69. The number of aromatic nitrogens is 1. The number of hydrogen-bond acceptors (Lipinski definition) is 4. The molecule has 4 heteroatoms. The molecule has 1 heterocycles. The van der Waals surface area contributed by atoms with E-state index in [1.165, 1.54) is 0 Å². The van der Waals surface area contributed by atoms with E-state index in [2.05, 4.69) is 17.6 Å². The smallest absolute Gasteiger partial charge is 0.144 e. The van der Waals surface area contributed by atoms with Gasteiger partial charge in [-0.1, -0.05) is 12.2 Å². The van der Waals surface area contributed by atoms with Crippen molar-refractivity contribution in [3.63, 3.8) is 0 Å². The van der Waals surface area contributed by atoms with E-state index in [1.54, 1.807) is 25.3 Å². The van der Waals surface area contributed by atoms with Crippen LogP contribution in [0.3, 0.4) is 0 Å². The number of thiol groups is 1. The third kappa shape index (κ3) is 2.27. The van der Waals surface area contributed by atoms with Gasteiger partial charge in [0.25, 0.3) is 0 Å². The molecule has 0 atom stereocenters. The fourth-order valence-corrected chi connectivity index (χ4v) is 1.24. The molecule has 0 fully saturated rings. The molecule has 0 saturated carbocycles. The van der Waals surface area contributed by atoms with Crippen molar-refractivity contribution in [2.24, 2.45) is 0 Å². The molecule has 0 bridgehead atoms. The molecule has 76 valence electrons. The lowest BCUT2D eigenvalue weighted by Crippen LogP contribution is -1.94. The van der Waals surface area contributed by atoms with Crippen molar-refractivity contribution in [2.75, 3.05) is 5.75 Å². The Morgan fingerprint density at radius 1 is 1.57 bits per heavy atom. The molecule has 0 aromatic carbocycles. The maximum Gasteiger partial charge on any atom is 0.144 e. The van der Waals surface area contributed by atoms with Gasteiger partial charge in [0.2, 0.25) is 0 Å². The molecule has 14 heavy (non-hydrogen) atoms. The zero-order valence-corrected chi connectivity index (χ0v) is 8.83. The van der Waals surface area contributed by atoms with Crippen molar-refractivity contribution in [3.05, 3.63) is 29.1 Å². The lowest BCUT2D eigenvalue weighted by molar-refractivity contribution is 0.280. The maximum atomic E-state index is 9.69. The summed E-state index contributed by atoms with van der Waals surface area (Å²) in [4.78, 5) is 3.96. The van der Waals surface area contributed by atoms with Crippen molar-refractivity contribution in [1.82, 2.24) is 4.98 Å². The van der Waals surface area contributed by atoms with Gasteiger partial charge in [0, 0.05) is 23.1 Å². The summed E-state index contributed by atoms with van der Waals surface area (Å²) < 4.78 is 0. The summed E-state index contributed by atoms with van der Waals surface area (Å²) in [6.45, 7) is 1.58. The monoisotopic (exact) mass is 211 g/mol. The molecule has 0 radical (unpaired) electrons. The highest BCUT2D eigenvalue weighted by atomic mass is 32.1. The Hall–Kier alpha value is -1.00.